The van der Waals surface area contributed by atoms with Gasteiger partial charge in [0.2, 0.25) is 6.79 Å². The third-order valence-electron chi connectivity index (χ3n) is 4.11. The smallest absolute Gasteiger partial charge is 0.231 e. The van der Waals surface area contributed by atoms with E-state index in [9.17, 15) is 0 Å². The van der Waals surface area contributed by atoms with Gasteiger partial charge in [0.25, 0.3) is 0 Å². The van der Waals surface area contributed by atoms with E-state index in [2.05, 4.69) is 43.4 Å². The molecule has 2 atom stereocenters. The lowest BCUT2D eigenvalue weighted by Gasteiger charge is -2.21. The summed E-state index contributed by atoms with van der Waals surface area (Å²) < 4.78 is 16.1. The van der Waals surface area contributed by atoms with Crippen molar-refractivity contribution in [3.8, 4) is 17.2 Å². The Morgan fingerprint density at radius 1 is 1.09 bits per heavy atom. The summed E-state index contributed by atoms with van der Waals surface area (Å²) in [5.74, 6) is 2.56. The first kappa shape index (κ1) is 15.7. The maximum atomic E-state index is 5.44. The Morgan fingerprint density at radius 2 is 1.91 bits per heavy atom. The van der Waals surface area contributed by atoms with Crippen LogP contribution in [0.5, 0.6) is 17.2 Å². The molecule has 0 fully saturated rings. The van der Waals surface area contributed by atoms with E-state index in [0.717, 1.165) is 23.7 Å². The van der Waals surface area contributed by atoms with Crippen molar-refractivity contribution in [1.82, 2.24) is 5.32 Å². The van der Waals surface area contributed by atoms with Crippen molar-refractivity contribution in [3.63, 3.8) is 0 Å². The van der Waals surface area contributed by atoms with Crippen LogP contribution < -0.4 is 19.5 Å². The van der Waals surface area contributed by atoms with Gasteiger partial charge in [-0.2, -0.15) is 0 Å². The molecule has 0 aromatic heterocycles. The van der Waals surface area contributed by atoms with E-state index >= 15 is 0 Å². The highest BCUT2D eigenvalue weighted by Crippen LogP contribution is 2.32. The molecule has 4 heteroatoms. The largest absolute Gasteiger partial charge is 0.497 e. The minimum Gasteiger partial charge on any atom is -0.497 e. The Bertz CT molecular complexity index is 671. The van der Waals surface area contributed by atoms with Crippen molar-refractivity contribution in [2.75, 3.05) is 13.9 Å². The quantitative estimate of drug-likeness (QED) is 0.882. The first-order chi connectivity index (χ1) is 11.2. The molecule has 23 heavy (non-hydrogen) atoms. The summed E-state index contributed by atoms with van der Waals surface area (Å²) in [6, 6.07) is 14.9. The van der Waals surface area contributed by atoms with Crippen LogP contribution >= 0.6 is 0 Å². The van der Waals surface area contributed by atoms with E-state index in [1.54, 1.807) is 7.11 Å². The van der Waals surface area contributed by atoms with Gasteiger partial charge in [-0.1, -0.05) is 18.2 Å². The molecule has 0 bridgehead atoms. The van der Waals surface area contributed by atoms with E-state index in [1.807, 2.05) is 18.2 Å². The second-order valence-corrected chi connectivity index (χ2v) is 5.96. The van der Waals surface area contributed by atoms with Crippen LogP contribution in [-0.2, 0) is 6.42 Å². The molecule has 1 heterocycles. The highest BCUT2D eigenvalue weighted by Gasteiger charge is 2.15. The molecule has 1 aliphatic rings. The molecule has 3 rings (SSSR count). The topological polar surface area (TPSA) is 39.7 Å². The van der Waals surface area contributed by atoms with Crippen molar-refractivity contribution >= 4 is 0 Å². The summed E-state index contributed by atoms with van der Waals surface area (Å²) in [6.07, 6.45) is 0.935. The summed E-state index contributed by atoms with van der Waals surface area (Å²) in [7, 11) is 1.69. The summed E-state index contributed by atoms with van der Waals surface area (Å²) in [5, 5.41) is 3.64. The number of ether oxygens (including phenoxy) is 3. The first-order valence-corrected chi connectivity index (χ1v) is 7.94. The lowest BCUT2D eigenvalue weighted by Crippen LogP contribution is -2.30. The predicted molar refractivity (Wildman–Crippen MR) is 90.3 cm³/mol. The van der Waals surface area contributed by atoms with Crippen molar-refractivity contribution in [2.24, 2.45) is 0 Å². The molecule has 4 nitrogen and oxygen atoms in total. The molecule has 2 aromatic carbocycles. The Morgan fingerprint density at radius 3 is 2.74 bits per heavy atom. The lowest BCUT2D eigenvalue weighted by atomic mass is 10.0. The van der Waals surface area contributed by atoms with Gasteiger partial charge in [-0.05, 0) is 55.7 Å². The van der Waals surface area contributed by atoms with E-state index < -0.39 is 0 Å². The SMILES string of the molecule is COc1cccc([C@H](C)NC(C)Cc2ccc3c(c2)OCO3)c1. The number of rotatable bonds is 6. The average molecular weight is 313 g/mol. The van der Waals surface area contributed by atoms with Crippen LogP contribution in [0.25, 0.3) is 0 Å². The number of hydrogen-bond donors (Lipinski definition) is 1. The van der Waals surface area contributed by atoms with E-state index in [1.165, 1.54) is 11.1 Å². The van der Waals surface area contributed by atoms with Gasteiger partial charge in [0.15, 0.2) is 11.5 Å². The van der Waals surface area contributed by atoms with Gasteiger partial charge < -0.3 is 19.5 Å². The van der Waals surface area contributed by atoms with Crippen molar-refractivity contribution in [2.45, 2.75) is 32.4 Å². The Labute approximate surface area is 137 Å². The summed E-state index contributed by atoms with van der Waals surface area (Å²) in [5.41, 5.74) is 2.47. The Balaban J connectivity index is 1.61. The molecule has 0 spiro atoms. The van der Waals surface area contributed by atoms with Crippen LogP contribution in [0.3, 0.4) is 0 Å². The highest BCUT2D eigenvalue weighted by molar-refractivity contribution is 5.44. The number of fused-ring (bicyclic) bond motifs is 1. The van der Waals surface area contributed by atoms with Crippen LogP contribution in [0.15, 0.2) is 42.5 Å². The predicted octanol–water partition coefficient (Wildman–Crippen LogP) is 3.71. The monoisotopic (exact) mass is 313 g/mol. The fourth-order valence-electron chi connectivity index (χ4n) is 2.91. The van der Waals surface area contributed by atoms with Crippen LogP contribution in [0.1, 0.15) is 31.0 Å². The van der Waals surface area contributed by atoms with Gasteiger partial charge in [-0.3, -0.25) is 0 Å². The van der Waals surface area contributed by atoms with Crippen molar-refractivity contribution < 1.29 is 14.2 Å². The fourth-order valence-corrected chi connectivity index (χ4v) is 2.91. The van der Waals surface area contributed by atoms with Gasteiger partial charge in [0.1, 0.15) is 5.75 Å². The Kier molecular flexibility index (Phi) is 4.72. The third kappa shape index (κ3) is 3.77. The maximum Gasteiger partial charge on any atom is 0.231 e. The lowest BCUT2D eigenvalue weighted by molar-refractivity contribution is 0.174. The van der Waals surface area contributed by atoms with Crippen LogP contribution in [-0.4, -0.2) is 19.9 Å². The van der Waals surface area contributed by atoms with Crippen LogP contribution in [0.4, 0.5) is 0 Å². The minimum atomic E-state index is 0.258. The van der Waals surface area contributed by atoms with Gasteiger partial charge in [0, 0.05) is 12.1 Å². The molecular formula is C19H23NO3. The molecule has 0 radical (unpaired) electrons. The molecule has 0 saturated carbocycles. The molecular weight excluding hydrogens is 290 g/mol. The van der Waals surface area contributed by atoms with E-state index in [0.29, 0.717) is 12.8 Å². The Hall–Kier alpha value is -2.20. The van der Waals surface area contributed by atoms with E-state index in [-0.39, 0.29) is 6.04 Å². The molecule has 0 saturated heterocycles. The first-order valence-electron chi connectivity index (χ1n) is 7.94. The molecule has 1 unspecified atom stereocenters. The molecule has 1 aliphatic heterocycles. The maximum absolute atomic E-state index is 5.44. The van der Waals surface area contributed by atoms with E-state index in [4.69, 9.17) is 14.2 Å². The van der Waals surface area contributed by atoms with Gasteiger partial charge in [-0.15, -0.1) is 0 Å². The zero-order valence-electron chi connectivity index (χ0n) is 13.8. The van der Waals surface area contributed by atoms with Gasteiger partial charge in [0.05, 0.1) is 7.11 Å². The minimum absolute atomic E-state index is 0.258. The number of benzene rings is 2. The average Bonchev–Trinajstić information content (AvgIpc) is 3.02. The highest BCUT2D eigenvalue weighted by atomic mass is 16.7. The van der Waals surface area contributed by atoms with Crippen LogP contribution in [0, 0.1) is 0 Å². The number of methoxy groups -OCH3 is 1. The van der Waals surface area contributed by atoms with Gasteiger partial charge in [-0.25, -0.2) is 0 Å². The molecule has 122 valence electrons. The fraction of sp³-hybridized carbons (Fsp3) is 0.368. The molecule has 1 N–H and O–H groups in total. The molecule has 0 amide bonds. The zero-order valence-corrected chi connectivity index (χ0v) is 13.8. The second kappa shape index (κ2) is 6.92. The third-order valence-corrected chi connectivity index (χ3v) is 4.11. The zero-order chi connectivity index (χ0) is 16.2. The number of hydrogen-bond acceptors (Lipinski definition) is 4. The van der Waals surface area contributed by atoms with Crippen molar-refractivity contribution in [1.29, 1.82) is 0 Å². The second-order valence-electron chi connectivity index (χ2n) is 5.96. The molecule has 2 aromatic rings. The van der Waals surface area contributed by atoms with Crippen molar-refractivity contribution in [3.05, 3.63) is 53.6 Å². The summed E-state index contributed by atoms with van der Waals surface area (Å²) in [4.78, 5) is 0. The number of nitrogens with one attached hydrogen (secondary N) is 1. The molecule has 0 aliphatic carbocycles. The summed E-state index contributed by atoms with van der Waals surface area (Å²) in [6.45, 7) is 4.69. The van der Waals surface area contributed by atoms with Gasteiger partial charge >= 0.3 is 0 Å². The summed E-state index contributed by atoms with van der Waals surface area (Å²) >= 11 is 0. The van der Waals surface area contributed by atoms with Crippen LogP contribution in [0.2, 0.25) is 0 Å². The standard InChI is InChI=1S/C19H23NO3/c1-13(9-15-7-8-18-19(10-15)23-12-22-18)20-14(2)16-5-4-6-17(11-16)21-3/h4-8,10-11,13-14,20H,9,12H2,1-3H3/t13?,14-/m0/s1. The normalized spacial score (nSPS) is 15.3.